The summed E-state index contributed by atoms with van der Waals surface area (Å²) in [6.45, 7) is 1.79. The Hall–Kier alpha value is -2.24. The van der Waals surface area contributed by atoms with Crippen molar-refractivity contribution in [2.75, 3.05) is 11.9 Å². The SMILES string of the molecule is CCC(=O)Nc1ccc(OC/C(N)=N/O)cc1. The monoisotopic (exact) mass is 237 g/mol. The van der Waals surface area contributed by atoms with Gasteiger partial charge in [0.05, 0.1) is 0 Å². The van der Waals surface area contributed by atoms with E-state index in [-0.39, 0.29) is 18.3 Å². The highest BCUT2D eigenvalue weighted by Crippen LogP contribution is 2.15. The van der Waals surface area contributed by atoms with Crippen molar-refractivity contribution in [3.05, 3.63) is 24.3 Å². The zero-order valence-electron chi connectivity index (χ0n) is 9.51. The van der Waals surface area contributed by atoms with Crippen molar-refractivity contribution >= 4 is 17.4 Å². The number of amidine groups is 1. The molecule has 0 radical (unpaired) electrons. The fourth-order valence-electron chi connectivity index (χ4n) is 1.07. The molecule has 1 aromatic carbocycles. The zero-order chi connectivity index (χ0) is 12.7. The largest absolute Gasteiger partial charge is 0.486 e. The first kappa shape index (κ1) is 12.8. The van der Waals surface area contributed by atoms with Crippen LogP contribution in [0.15, 0.2) is 29.4 Å². The number of amides is 1. The molecule has 1 rings (SSSR count). The maximum absolute atomic E-state index is 11.1. The van der Waals surface area contributed by atoms with Crippen LogP contribution in [0.4, 0.5) is 5.69 Å². The quantitative estimate of drug-likeness (QED) is 0.310. The molecule has 0 aliphatic carbocycles. The first-order chi connectivity index (χ1) is 8.15. The summed E-state index contributed by atoms with van der Waals surface area (Å²) in [6, 6.07) is 6.82. The molecule has 0 saturated carbocycles. The van der Waals surface area contributed by atoms with Crippen LogP contribution >= 0.6 is 0 Å². The summed E-state index contributed by atoms with van der Waals surface area (Å²) in [4.78, 5) is 11.1. The van der Waals surface area contributed by atoms with E-state index < -0.39 is 0 Å². The first-order valence-electron chi connectivity index (χ1n) is 5.14. The summed E-state index contributed by atoms with van der Waals surface area (Å²) in [5.74, 6) is 0.523. The summed E-state index contributed by atoms with van der Waals surface area (Å²) in [7, 11) is 0. The molecule has 1 amide bonds. The molecule has 92 valence electrons. The molecule has 0 atom stereocenters. The molecule has 0 saturated heterocycles. The number of nitrogens with two attached hydrogens (primary N) is 1. The van der Waals surface area contributed by atoms with Gasteiger partial charge in [-0.2, -0.15) is 0 Å². The molecule has 0 bridgehead atoms. The van der Waals surface area contributed by atoms with Crippen molar-refractivity contribution in [2.24, 2.45) is 10.9 Å². The third-order valence-corrected chi connectivity index (χ3v) is 1.97. The summed E-state index contributed by atoms with van der Waals surface area (Å²) >= 11 is 0. The molecule has 1 aromatic rings. The molecule has 4 N–H and O–H groups in total. The number of carbonyl (C=O) groups is 1. The molecular weight excluding hydrogens is 222 g/mol. The van der Waals surface area contributed by atoms with Crippen molar-refractivity contribution < 1.29 is 14.7 Å². The number of oxime groups is 1. The molecule has 0 unspecified atom stereocenters. The third-order valence-electron chi connectivity index (χ3n) is 1.97. The second-order valence-electron chi connectivity index (χ2n) is 3.31. The normalized spacial score (nSPS) is 11.0. The fourth-order valence-corrected chi connectivity index (χ4v) is 1.07. The lowest BCUT2D eigenvalue weighted by atomic mass is 10.3. The minimum absolute atomic E-state index is 0.00615. The lowest BCUT2D eigenvalue weighted by Gasteiger charge is -2.07. The van der Waals surface area contributed by atoms with Gasteiger partial charge < -0.3 is 21.0 Å². The number of benzene rings is 1. The van der Waals surface area contributed by atoms with Gasteiger partial charge in [0.25, 0.3) is 0 Å². The fraction of sp³-hybridized carbons (Fsp3) is 0.273. The lowest BCUT2D eigenvalue weighted by molar-refractivity contribution is -0.115. The van der Waals surface area contributed by atoms with Crippen LogP contribution in [-0.4, -0.2) is 23.6 Å². The Morgan fingerprint density at radius 2 is 2.12 bits per heavy atom. The van der Waals surface area contributed by atoms with Gasteiger partial charge in [0.1, 0.15) is 12.4 Å². The van der Waals surface area contributed by atoms with Gasteiger partial charge in [-0.25, -0.2) is 0 Å². The highest BCUT2D eigenvalue weighted by Gasteiger charge is 2.00. The number of ether oxygens (including phenoxy) is 1. The van der Waals surface area contributed by atoms with Crippen LogP contribution in [0, 0.1) is 0 Å². The second kappa shape index (κ2) is 6.37. The van der Waals surface area contributed by atoms with Gasteiger partial charge in [-0.1, -0.05) is 12.1 Å². The van der Waals surface area contributed by atoms with E-state index in [4.69, 9.17) is 15.7 Å². The van der Waals surface area contributed by atoms with Crippen LogP contribution in [-0.2, 0) is 4.79 Å². The molecule has 6 heteroatoms. The van der Waals surface area contributed by atoms with Crippen LogP contribution in [0.3, 0.4) is 0 Å². The number of nitrogens with zero attached hydrogens (tertiary/aromatic N) is 1. The van der Waals surface area contributed by atoms with Crippen LogP contribution in [0.1, 0.15) is 13.3 Å². The van der Waals surface area contributed by atoms with Crippen LogP contribution in [0.25, 0.3) is 0 Å². The van der Waals surface area contributed by atoms with Crippen LogP contribution in [0.2, 0.25) is 0 Å². The molecule has 0 aliphatic rings. The number of nitrogens with one attached hydrogen (secondary N) is 1. The van der Waals surface area contributed by atoms with Crippen molar-refractivity contribution in [3.63, 3.8) is 0 Å². The molecule has 0 heterocycles. The van der Waals surface area contributed by atoms with E-state index in [1.807, 2.05) is 0 Å². The summed E-state index contributed by atoms with van der Waals surface area (Å²) in [5.41, 5.74) is 5.95. The minimum Gasteiger partial charge on any atom is -0.486 e. The van der Waals surface area contributed by atoms with Crippen molar-refractivity contribution in [1.29, 1.82) is 0 Å². The Morgan fingerprint density at radius 3 is 2.65 bits per heavy atom. The van der Waals surface area contributed by atoms with Gasteiger partial charge in [0.2, 0.25) is 5.91 Å². The molecule has 0 aliphatic heterocycles. The average Bonchev–Trinajstić information content (AvgIpc) is 2.37. The van der Waals surface area contributed by atoms with Crippen molar-refractivity contribution in [1.82, 2.24) is 0 Å². The highest BCUT2D eigenvalue weighted by molar-refractivity contribution is 5.90. The van der Waals surface area contributed by atoms with Gasteiger partial charge in [0.15, 0.2) is 5.84 Å². The maximum atomic E-state index is 11.1. The molecule has 0 spiro atoms. The Kier molecular flexibility index (Phi) is 4.80. The van der Waals surface area contributed by atoms with E-state index >= 15 is 0 Å². The Balaban J connectivity index is 2.53. The predicted molar refractivity (Wildman–Crippen MR) is 64.3 cm³/mol. The van der Waals surface area contributed by atoms with Gasteiger partial charge in [-0.15, -0.1) is 0 Å². The van der Waals surface area contributed by atoms with E-state index in [0.717, 1.165) is 0 Å². The third kappa shape index (κ3) is 4.42. The Labute approximate surface area is 99.1 Å². The average molecular weight is 237 g/mol. The van der Waals surface area contributed by atoms with E-state index in [0.29, 0.717) is 17.9 Å². The van der Waals surface area contributed by atoms with E-state index in [1.165, 1.54) is 0 Å². The number of anilines is 1. The molecule has 0 aromatic heterocycles. The van der Waals surface area contributed by atoms with Crippen LogP contribution < -0.4 is 15.8 Å². The van der Waals surface area contributed by atoms with E-state index in [9.17, 15) is 4.79 Å². The maximum Gasteiger partial charge on any atom is 0.224 e. The van der Waals surface area contributed by atoms with Gasteiger partial charge in [0, 0.05) is 12.1 Å². The van der Waals surface area contributed by atoms with Crippen LogP contribution in [0.5, 0.6) is 5.75 Å². The molecule has 6 nitrogen and oxygen atoms in total. The van der Waals surface area contributed by atoms with E-state index in [1.54, 1.807) is 31.2 Å². The topological polar surface area (TPSA) is 96.9 Å². The predicted octanol–water partition coefficient (Wildman–Crippen LogP) is 1.16. The highest BCUT2D eigenvalue weighted by atomic mass is 16.5. The number of hydrogen-bond acceptors (Lipinski definition) is 4. The lowest BCUT2D eigenvalue weighted by Crippen LogP contribution is -2.20. The number of carbonyl (C=O) groups excluding carboxylic acids is 1. The Morgan fingerprint density at radius 1 is 1.47 bits per heavy atom. The summed E-state index contributed by atoms with van der Waals surface area (Å²) in [5, 5.41) is 13.8. The standard InChI is InChI=1S/C11H15N3O3/c1-2-11(15)13-8-3-5-9(6-4-8)17-7-10(12)14-16/h3-6,16H,2,7H2,1H3,(H2,12,14)(H,13,15). The Bertz CT molecular complexity index is 401. The van der Waals surface area contributed by atoms with Crippen molar-refractivity contribution in [3.8, 4) is 5.75 Å². The molecular formula is C11H15N3O3. The van der Waals surface area contributed by atoms with Gasteiger partial charge >= 0.3 is 0 Å². The zero-order valence-corrected chi connectivity index (χ0v) is 9.51. The van der Waals surface area contributed by atoms with E-state index in [2.05, 4.69) is 10.5 Å². The summed E-state index contributed by atoms with van der Waals surface area (Å²) in [6.07, 6.45) is 0.432. The minimum atomic E-state index is -0.0460. The van der Waals surface area contributed by atoms with Gasteiger partial charge in [-0.05, 0) is 24.3 Å². The second-order valence-corrected chi connectivity index (χ2v) is 3.31. The first-order valence-corrected chi connectivity index (χ1v) is 5.14. The number of hydrogen-bond donors (Lipinski definition) is 3. The van der Waals surface area contributed by atoms with Gasteiger partial charge in [-0.3, -0.25) is 4.79 Å². The molecule has 0 fully saturated rings. The van der Waals surface area contributed by atoms with Crippen molar-refractivity contribution in [2.45, 2.75) is 13.3 Å². The summed E-state index contributed by atoms with van der Waals surface area (Å²) < 4.78 is 5.22. The number of rotatable bonds is 5. The smallest absolute Gasteiger partial charge is 0.224 e. The molecule has 17 heavy (non-hydrogen) atoms.